The summed E-state index contributed by atoms with van der Waals surface area (Å²) in [5, 5.41) is 7.89. The summed E-state index contributed by atoms with van der Waals surface area (Å²) in [6, 6.07) is 2.72. The number of hydrogen-bond acceptors (Lipinski definition) is 2. The van der Waals surface area contributed by atoms with Gasteiger partial charge in [-0.3, -0.25) is 4.68 Å². The van der Waals surface area contributed by atoms with Crippen molar-refractivity contribution in [2.24, 2.45) is 5.92 Å². The molecule has 1 saturated carbocycles. The van der Waals surface area contributed by atoms with E-state index in [0.29, 0.717) is 6.04 Å². The fourth-order valence-corrected chi connectivity index (χ4v) is 2.12. The molecule has 14 heavy (non-hydrogen) atoms. The van der Waals surface area contributed by atoms with Crippen molar-refractivity contribution in [2.75, 3.05) is 7.05 Å². The first kappa shape index (κ1) is 9.71. The monoisotopic (exact) mass is 193 g/mol. The smallest absolute Gasteiger partial charge is 0.0597 e. The van der Waals surface area contributed by atoms with Crippen molar-refractivity contribution in [3.05, 3.63) is 17.5 Å². The Morgan fingerprint density at radius 3 is 2.86 bits per heavy atom. The molecular formula is C11H19N3. The molecule has 3 nitrogen and oxygen atoms in total. The van der Waals surface area contributed by atoms with E-state index in [9.17, 15) is 0 Å². The van der Waals surface area contributed by atoms with Crippen molar-refractivity contribution in [2.45, 2.75) is 39.3 Å². The van der Waals surface area contributed by atoms with Crippen LogP contribution >= 0.6 is 0 Å². The molecule has 1 aliphatic carbocycles. The van der Waals surface area contributed by atoms with Crippen LogP contribution in [0, 0.1) is 12.8 Å². The van der Waals surface area contributed by atoms with Gasteiger partial charge in [-0.05, 0) is 45.7 Å². The molecule has 0 aliphatic heterocycles. The molecule has 1 aliphatic rings. The minimum Gasteiger partial charge on any atom is -0.311 e. The number of aryl methyl sites for hydroxylation is 2. The van der Waals surface area contributed by atoms with Crippen LogP contribution in [0.15, 0.2) is 6.07 Å². The van der Waals surface area contributed by atoms with Gasteiger partial charge in [0.15, 0.2) is 0 Å². The Hall–Kier alpha value is -0.830. The molecule has 1 heterocycles. The van der Waals surface area contributed by atoms with Crippen molar-refractivity contribution in [1.82, 2.24) is 15.1 Å². The SMILES string of the molecule is CCn1nc(C)cc1C(NC)C1CC1. The molecule has 2 rings (SSSR count). The first-order chi connectivity index (χ1) is 6.76. The van der Waals surface area contributed by atoms with Crippen LogP contribution in [-0.2, 0) is 6.54 Å². The van der Waals surface area contributed by atoms with Crippen LogP contribution in [0.2, 0.25) is 0 Å². The minimum absolute atomic E-state index is 0.510. The molecule has 0 saturated heterocycles. The number of hydrogen-bond donors (Lipinski definition) is 1. The topological polar surface area (TPSA) is 29.9 Å². The lowest BCUT2D eigenvalue weighted by atomic mass is 10.1. The molecule has 1 aromatic rings. The fraction of sp³-hybridized carbons (Fsp3) is 0.727. The lowest BCUT2D eigenvalue weighted by Crippen LogP contribution is -2.21. The molecule has 0 spiro atoms. The second-order valence-corrected chi connectivity index (χ2v) is 4.13. The average molecular weight is 193 g/mol. The maximum absolute atomic E-state index is 4.48. The lowest BCUT2D eigenvalue weighted by molar-refractivity contribution is 0.472. The van der Waals surface area contributed by atoms with E-state index >= 15 is 0 Å². The minimum atomic E-state index is 0.510. The predicted molar refractivity (Wildman–Crippen MR) is 57.2 cm³/mol. The van der Waals surface area contributed by atoms with Crippen molar-refractivity contribution in [3.63, 3.8) is 0 Å². The van der Waals surface area contributed by atoms with Gasteiger partial charge in [-0.25, -0.2) is 0 Å². The molecule has 0 bridgehead atoms. The zero-order valence-electron chi connectivity index (χ0n) is 9.25. The summed E-state index contributed by atoms with van der Waals surface area (Å²) in [5.41, 5.74) is 2.48. The van der Waals surface area contributed by atoms with Gasteiger partial charge in [0.2, 0.25) is 0 Å². The molecular weight excluding hydrogens is 174 g/mol. The zero-order valence-corrected chi connectivity index (χ0v) is 9.25. The number of nitrogens with one attached hydrogen (secondary N) is 1. The first-order valence-corrected chi connectivity index (χ1v) is 5.48. The molecule has 3 heteroatoms. The standard InChI is InChI=1S/C11H19N3/c1-4-14-10(7-8(2)13-14)11(12-3)9-5-6-9/h7,9,11-12H,4-6H2,1-3H3. The van der Waals surface area contributed by atoms with Gasteiger partial charge in [-0.15, -0.1) is 0 Å². The number of nitrogens with zero attached hydrogens (tertiary/aromatic N) is 2. The van der Waals surface area contributed by atoms with Crippen LogP contribution in [0.25, 0.3) is 0 Å². The third-order valence-corrected chi connectivity index (χ3v) is 2.96. The van der Waals surface area contributed by atoms with Gasteiger partial charge >= 0.3 is 0 Å². The molecule has 78 valence electrons. The first-order valence-electron chi connectivity index (χ1n) is 5.48. The Morgan fingerprint density at radius 2 is 2.36 bits per heavy atom. The summed E-state index contributed by atoms with van der Waals surface area (Å²) in [6.07, 6.45) is 2.72. The third kappa shape index (κ3) is 1.69. The highest BCUT2D eigenvalue weighted by Crippen LogP contribution is 2.40. The molecule has 0 amide bonds. The van der Waals surface area contributed by atoms with Gasteiger partial charge in [-0.1, -0.05) is 0 Å². The summed E-state index contributed by atoms with van der Waals surface area (Å²) < 4.78 is 2.12. The lowest BCUT2D eigenvalue weighted by Gasteiger charge is -2.16. The van der Waals surface area contributed by atoms with Gasteiger partial charge in [0, 0.05) is 6.54 Å². The van der Waals surface area contributed by atoms with E-state index in [-0.39, 0.29) is 0 Å². The summed E-state index contributed by atoms with van der Waals surface area (Å²) >= 11 is 0. The van der Waals surface area contributed by atoms with E-state index < -0.39 is 0 Å². The Labute approximate surface area is 85.5 Å². The highest BCUT2D eigenvalue weighted by atomic mass is 15.3. The average Bonchev–Trinajstić information content (AvgIpc) is 2.92. The van der Waals surface area contributed by atoms with Gasteiger partial charge in [0.05, 0.1) is 17.4 Å². The highest BCUT2D eigenvalue weighted by Gasteiger charge is 2.33. The van der Waals surface area contributed by atoms with Crippen LogP contribution in [0.5, 0.6) is 0 Å². The van der Waals surface area contributed by atoms with E-state index in [2.05, 4.69) is 35.0 Å². The molecule has 1 aromatic heterocycles. The Bertz CT molecular complexity index is 312. The maximum atomic E-state index is 4.48. The summed E-state index contributed by atoms with van der Waals surface area (Å²) in [4.78, 5) is 0. The van der Waals surface area contributed by atoms with Gasteiger partial charge in [0.1, 0.15) is 0 Å². The van der Waals surface area contributed by atoms with E-state index in [4.69, 9.17) is 0 Å². The molecule has 1 unspecified atom stereocenters. The summed E-state index contributed by atoms with van der Waals surface area (Å²) in [7, 11) is 2.05. The Balaban J connectivity index is 2.27. The summed E-state index contributed by atoms with van der Waals surface area (Å²) in [5.74, 6) is 0.835. The van der Waals surface area contributed by atoms with E-state index in [1.807, 2.05) is 7.05 Å². The van der Waals surface area contributed by atoms with Crippen LogP contribution in [0.3, 0.4) is 0 Å². The van der Waals surface area contributed by atoms with Gasteiger partial charge < -0.3 is 5.32 Å². The van der Waals surface area contributed by atoms with Crippen molar-refractivity contribution >= 4 is 0 Å². The largest absolute Gasteiger partial charge is 0.311 e. The quantitative estimate of drug-likeness (QED) is 0.791. The molecule has 0 aromatic carbocycles. The molecule has 1 fully saturated rings. The van der Waals surface area contributed by atoms with Crippen LogP contribution < -0.4 is 5.32 Å². The van der Waals surface area contributed by atoms with Crippen LogP contribution in [-0.4, -0.2) is 16.8 Å². The molecule has 1 N–H and O–H groups in total. The van der Waals surface area contributed by atoms with Gasteiger partial charge in [-0.2, -0.15) is 5.10 Å². The van der Waals surface area contributed by atoms with Gasteiger partial charge in [0.25, 0.3) is 0 Å². The zero-order chi connectivity index (χ0) is 10.1. The van der Waals surface area contributed by atoms with Crippen molar-refractivity contribution in [3.8, 4) is 0 Å². The van der Waals surface area contributed by atoms with Crippen molar-refractivity contribution < 1.29 is 0 Å². The summed E-state index contributed by atoms with van der Waals surface area (Å²) in [6.45, 7) is 5.18. The van der Waals surface area contributed by atoms with Crippen LogP contribution in [0.1, 0.15) is 37.2 Å². The number of aromatic nitrogens is 2. The molecule has 0 radical (unpaired) electrons. The third-order valence-electron chi connectivity index (χ3n) is 2.96. The highest BCUT2D eigenvalue weighted by molar-refractivity contribution is 5.16. The second kappa shape index (κ2) is 3.73. The van der Waals surface area contributed by atoms with E-state index in [0.717, 1.165) is 18.2 Å². The van der Waals surface area contributed by atoms with E-state index in [1.54, 1.807) is 0 Å². The van der Waals surface area contributed by atoms with E-state index in [1.165, 1.54) is 18.5 Å². The fourth-order valence-electron chi connectivity index (χ4n) is 2.12. The number of rotatable bonds is 4. The Kier molecular flexibility index (Phi) is 2.59. The predicted octanol–water partition coefficient (Wildman–Crippen LogP) is 1.88. The van der Waals surface area contributed by atoms with Crippen molar-refractivity contribution in [1.29, 1.82) is 0 Å². The second-order valence-electron chi connectivity index (χ2n) is 4.13. The Morgan fingerprint density at radius 1 is 1.64 bits per heavy atom. The molecule has 1 atom stereocenters. The normalized spacial score (nSPS) is 18.5. The maximum Gasteiger partial charge on any atom is 0.0597 e. The van der Waals surface area contributed by atoms with Crippen LogP contribution in [0.4, 0.5) is 0 Å².